The molecule has 4 aliphatic rings. The lowest BCUT2D eigenvalue weighted by Gasteiger charge is -2.63. The standard InChI is InChI=1S/C20H28O4/c1-11-12-8-13-14(21)9-16-18(2,3)6-5-7-19(16,4)20(13,23)10-15(12)24-17(11)22/h8,14-16,21,23H,5-7,9-10H2,1-4H3. The quantitative estimate of drug-likeness (QED) is 0.670. The normalized spacial score (nSPS) is 46.7. The molecule has 132 valence electrons. The summed E-state index contributed by atoms with van der Waals surface area (Å²) < 4.78 is 5.50. The molecule has 0 aromatic heterocycles. The third-order valence-corrected chi connectivity index (χ3v) is 7.60. The van der Waals surface area contributed by atoms with Gasteiger partial charge in [-0.15, -0.1) is 0 Å². The fourth-order valence-electron chi connectivity index (χ4n) is 6.15. The molecule has 0 bridgehead atoms. The molecule has 2 saturated carbocycles. The molecule has 2 fully saturated rings. The Morgan fingerprint density at radius 2 is 1.96 bits per heavy atom. The van der Waals surface area contributed by atoms with Crippen molar-refractivity contribution in [3.8, 4) is 0 Å². The number of fused-ring (bicyclic) bond motifs is 4. The Labute approximate surface area is 143 Å². The van der Waals surface area contributed by atoms with E-state index in [9.17, 15) is 15.0 Å². The molecule has 4 rings (SSSR count). The molecule has 5 unspecified atom stereocenters. The zero-order chi connectivity index (χ0) is 17.5. The van der Waals surface area contributed by atoms with Crippen molar-refractivity contribution in [2.75, 3.05) is 0 Å². The van der Waals surface area contributed by atoms with E-state index >= 15 is 0 Å². The third-order valence-electron chi connectivity index (χ3n) is 7.60. The van der Waals surface area contributed by atoms with E-state index in [2.05, 4.69) is 20.8 Å². The van der Waals surface area contributed by atoms with Crippen molar-refractivity contribution < 1.29 is 19.7 Å². The van der Waals surface area contributed by atoms with E-state index in [-0.39, 0.29) is 28.8 Å². The number of esters is 1. The number of aliphatic hydroxyl groups is 2. The monoisotopic (exact) mass is 332 g/mol. The van der Waals surface area contributed by atoms with Gasteiger partial charge >= 0.3 is 5.97 Å². The predicted octanol–water partition coefficient (Wildman–Crippen LogP) is 2.89. The number of aliphatic hydroxyl groups excluding tert-OH is 1. The molecular formula is C20H28O4. The molecule has 0 saturated heterocycles. The highest BCUT2D eigenvalue weighted by molar-refractivity contribution is 5.92. The number of hydrogen-bond donors (Lipinski definition) is 2. The van der Waals surface area contributed by atoms with Gasteiger partial charge in [-0.3, -0.25) is 0 Å². The average Bonchev–Trinajstić information content (AvgIpc) is 2.75. The highest BCUT2D eigenvalue weighted by Crippen LogP contribution is 2.65. The smallest absolute Gasteiger partial charge is 0.334 e. The van der Waals surface area contributed by atoms with Crippen LogP contribution in [0, 0.1) is 16.7 Å². The van der Waals surface area contributed by atoms with Crippen LogP contribution in [0.4, 0.5) is 0 Å². The molecule has 2 N–H and O–H groups in total. The molecule has 0 aromatic rings. The first kappa shape index (κ1) is 16.3. The van der Waals surface area contributed by atoms with Gasteiger partial charge in [0.2, 0.25) is 0 Å². The summed E-state index contributed by atoms with van der Waals surface area (Å²) >= 11 is 0. The number of carbonyl (C=O) groups is 1. The molecule has 4 nitrogen and oxygen atoms in total. The molecule has 1 aliphatic heterocycles. The van der Waals surface area contributed by atoms with E-state index in [1.165, 1.54) is 0 Å². The summed E-state index contributed by atoms with van der Waals surface area (Å²) in [5, 5.41) is 22.7. The van der Waals surface area contributed by atoms with Crippen LogP contribution < -0.4 is 0 Å². The van der Waals surface area contributed by atoms with Crippen LogP contribution in [0.15, 0.2) is 22.8 Å². The van der Waals surface area contributed by atoms with Crippen molar-refractivity contribution in [1.82, 2.24) is 0 Å². The summed E-state index contributed by atoms with van der Waals surface area (Å²) in [6, 6.07) is 0. The first-order chi connectivity index (χ1) is 11.1. The lowest BCUT2D eigenvalue weighted by Crippen LogP contribution is -2.64. The molecule has 4 heteroatoms. The van der Waals surface area contributed by atoms with E-state index in [1.54, 1.807) is 6.92 Å². The van der Waals surface area contributed by atoms with E-state index in [4.69, 9.17) is 4.74 Å². The predicted molar refractivity (Wildman–Crippen MR) is 90.1 cm³/mol. The van der Waals surface area contributed by atoms with Gasteiger partial charge < -0.3 is 14.9 Å². The van der Waals surface area contributed by atoms with E-state index in [0.717, 1.165) is 24.8 Å². The number of hydrogen-bond acceptors (Lipinski definition) is 4. The topological polar surface area (TPSA) is 66.8 Å². The fourth-order valence-corrected chi connectivity index (χ4v) is 6.15. The lowest BCUT2D eigenvalue weighted by atomic mass is 9.43. The van der Waals surface area contributed by atoms with Gasteiger partial charge in [0.05, 0.1) is 11.7 Å². The van der Waals surface area contributed by atoms with Gasteiger partial charge in [0.1, 0.15) is 6.10 Å². The third kappa shape index (κ3) is 1.84. The van der Waals surface area contributed by atoms with Crippen LogP contribution >= 0.6 is 0 Å². The molecule has 5 atom stereocenters. The zero-order valence-electron chi connectivity index (χ0n) is 15.1. The minimum Gasteiger partial charge on any atom is -0.454 e. The Hall–Kier alpha value is -1.13. The Morgan fingerprint density at radius 3 is 2.67 bits per heavy atom. The molecule has 0 amide bonds. The van der Waals surface area contributed by atoms with Crippen LogP contribution in [0.1, 0.15) is 59.8 Å². The van der Waals surface area contributed by atoms with Gasteiger partial charge in [0.15, 0.2) is 0 Å². The molecule has 3 aliphatic carbocycles. The van der Waals surface area contributed by atoms with E-state index in [0.29, 0.717) is 24.0 Å². The van der Waals surface area contributed by atoms with Gasteiger partial charge in [-0.25, -0.2) is 4.79 Å². The average molecular weight is 332 g/mol. The summed E-state index contributed by atoms with van der Waals surface area (Å²) in [6.07, 6.45) is 5.04. The van der Waals surface area contributed by atoms with Crippen molar-refractivity contribution in [3.05, 3.63) is 22.8 Å². The first-order valence-electron chi connectivity index (χ1n) is 9.14. The summed E-state index contributed by atoms with van der Waals surface area (Å²) in [4.78, 5) is 11.9. The van der Waals surface area contributed by atoms with Crippen molar-refractivity contribution in [1.29, 1.82) is 0 Å². The van der Waals surface area contributed by atoms with Gasteiger partial charge in [-0.2, -0.15) is 0 Å². The second-order valence-electron chi connectivity index (χ2n) is 9.20. The number of carbonyl (C=O) groups excluding carboxylic acids is 1. The van der Waals surface area contributed by atoms with E-state index in [1.807, 2.05) is 6.08 Å². The zero-order valence-corrected chi connectivity index (χ0v) is 15.1. The highest BCUT2D eigenvalue weighted by Gasteiger charge is 2.65. The van der Waals surface area contributed by atoms with Crippen LogP contribution in [0.25, 0.3) is 0 Å². The summed E-state index contributed by atoms with van der Waals surface area (Å²) in [7, 11) is 0. The van der Waals surface area contributed by atoms with Gasteiger partial charge in [0, 0.05) is 23.0 Å². The Morgan fingerprint density at radius 1 is 1.25 bits per heavy atom. The minimum atomic E-state index is -1.11. The summed E-state index contributed by atoms with van der Waals surface area (Å²) in [5.41, 5.74) is 0.838. The van der Waals surface area contributed by atoms with Crippen LogP contribution in [0.5, 0.6) is 0 Å². The second-order valence-corrected chi connectivity index (χ2v) is 9.20. The van der Waals surface area contributed by atoms with Gasteiger partial charge in [0.25, 0.3) is 0 Å². The maximum atomic E-state index is 11.9. The summed E-state index contributed by atoms with van der Waals surface area (Å²) in [5.74, 6) is -0.0473. The van der Waals surface area contributed by atoms with Crippen LogP contribution in [0.3, 0.4) is 0 Å². The van der Waals surface area contributed by atoms with Crippen molar-refractivity contribution >= 4 is 5.97 Å². The summed E-state index contributed by atoms with van der Waals surface area (Å²) in [6.45, 7) is 8.46. The Bertz CT molecular complexity index is 673. The number of rotatable bonds is 0. The van der Waals surface area contributed by atoms with Crippen molar-refractivity contribution in [2.45, 2.75) is 77.6 Å². The minimum absolute atomic E-state index is 0.0909. The van der Waals surface area contributed by atoms with E-state index < -0.39 is 11.7 Å². The molecule has 0 radical (unpaired) electrons. The van der Waals surface area contributed by atoms with Crippen LogP contribution in [-0.2, 0) is 9.53 Å². The molecule has 24 heavy (non-hydrogen) atoms. The lowest BCUT2D eigenvalue weighted by molar-refractivity contribution is -0.188. The highest BCUT2D eigenvalue weighted by atomic mass is 16.5. The fraction of sp³-hybridized carbons (Fsp3) is 0.750. The maximum Gasteiger partial charge on any atom is 0.334 e. The molecule has 0 aromatic carbocycles. The van der Waals surface area contributed by atoms with Crippen molar-refractivity contribution in [2.24, 2.45) is 16.7 Å². The molecule has 0 spiro atoms. The van der Waals surface area contributed by atoms with Gasteiger partial charge in [-0.05, 0) is 43.1 Å². The Balaban J connectivity index is 1.86. The first-order valence-corrected chi connectivity index (χ1v) is 9.14. The number of ether oxygens (including phenoxy) is 1. The molecular weight excluding hydrogens is 304 g/mol. The SMILES string of the molecule is CC1=C2C=C3C(O)CC4C(C)(C)CCCC4(C)C3(O)CC2OC1=O. The maximum absolute atomic E-state index is 11.9. The molecule has 1 heterocycles. The largest absolute Gasteiger partial charge is 0.454 e. The second kappa shape index (κ2) is 4.73. The van der Waals surface area contributed by atoms with Gasteiger partial charge in [-0.1, -0.05) is 33.3 Å². The van der Waals surface area contributed by atoms with Crippen LogP contribution in [0.2, 0.25) is 0 Å². The Kier molecular flexibility index (Phi) is 3.22. The van der Waals surface area contributed by atoms with Crippen LogP contribution in [-0.4, -0.2) is 34.0 Å². The van der Waals surface area contributed by atoms with Crippen molar-refractivity contribution in [3.63, 3.8) is 0 Å².